The van der Waals surface area contributed by atoms with Crippen molar-refractivity contribution in [3.8, 4) is 16.9 Å². The van der Waals surface area contributed by atoms with Gasteiger partial charge < -0.3 is 10.1 Å². The van der Waals surface area contributed by atoms with E-state index < -0.39 is 0 Å². The van der Waals surface area contributed by atoms with Crippen LogP contribution in [-0.4, -0.2) is 21.4 Å². The largest absolute Gasteiger partial charge is 0.491 e. The van der Waals surface area contributed by atoms with E-state index in [-0.39, 0.29) is 24.4 Å². The number of halogens is 2. The van der Waals surface area contributed by atoms with E-state index in [4.69, 9.17) is 16.3 Å². The molecule has 4 aromatic rings. The minimum absolute atomic E-state index is 0.0769. The van der Waals surface area contributed by atoms with Crippen molar-refractivity contribution in [1.29, 1.82) is 0 Å². The number of nitrogens with one attached hydrogen (secondary N) is 1. The fourth-order valence-electron chi connectivity index (χ4n) is 3.71. The Kier molecular flexibility index (Phi) is 6.65. The Morgan fingerprint density at radius 1 is 1.15 bits per heavy atom. The Labute approximate surface area is 197 Å². The minimum Gasteiger partial charge on any atom is -0.491 e. The van der Waals surface area contributed by atoms with Crippen molar-refractivity contribution >= 4 is 23.2 Å². The highest BCUT2D eigenvalue weighted by atomic mass is 35.5. The third kappa shape index (κ3) is 5.01. The summed E-state index contributed by atoms with van der Waals surface area (Å²) in [5, 5.41) is 3.39. The molecule has 2 aromatic heterocycles. The molecule has 0 fully saturated rings. The molecule has 33 heavy (non-hydrogen) atoms. The summed E-state index contributed by atoms with van der Waals surface area (Å²) in [5.74, 6) is 0.107. The summed E-state index contributed by atoms with van der Waals surface area (Å²) in [6.07, 6.45) is 2.35. The van der Waals surface area contributed by atoms with Gasteiger partial charge in [0.25, 0.3) is 5.91 Å². The smallest absolute Gasteiger partial charge is 0.270 e. The first kappa shape index (κ1) is 22.8. The van der Waals surface area contributed by atoms with E-state index in [2.05, 4.69) is 10.3 Å². The van der Waals surface area contributed by atoms with Crippen LogP contribution in [0.25, 0.3) is 16.8 Å². The van der Waals surface area contributed by atoms with Crippen molar-refractivity contribution in [1.82, 2.24) is 14.7 Å². The molecule has 0 spiro atoms. The lowest BCUT2D eigenvalue weighted by Crippen LogP contribution is -2.25. The number of fused-ring (bicyclic) bond motifs is 1. The predicted octanol–water partition coefficient (Wildman–Crippen LogP) is 6.07. The zero-order valence-corrected chi connectivity index (χ0v) is 19.5. The summed E-state index contributed by atoms with van der Waals surface area (Å²) in [7, 11) is 0. The highest BCUT2D eigenvalue weighted by molar-refractivity contribution is 6.30. The van der Waals surface area contributed by atoms with Gasteiger partial charge in [-0.1, -0.05) is 42.8 Å². The van der Waals surface area contributed by atoms with E-state index in [1.54, 1.807) is 28.8 Å². The van der Waals surface area contributed by atoms with E-state index in [0.717, 1.165) is 11.3 Å². The van der Waals surface area contributed by atoms with E-state index in [0.29, 0.717) is 39.6 Å². The second-order valence-corrected chi connectivity index (χ2v) is 8.46. The predicted molar refractivity (Wildman–Crippen MR) is 128 cm³/mol. The van der Waals surface area contributed by atoms with Crippen molar-refractivity contribution in [2.24, 2.45) is 0 Å². The number of carbonyl (C=O) groups is 1. The van der Waals surface area contributed by atoms with Gasteiger partial charge in [0, 0.05) is 18.3 Å². The number of rotatable bonds is 7. The normalized spacial score (nSPS) is 11.2. The Morgan fingerprint density at radius 3 is 2.58 bits per heavy atom. The molecule has 0 aliphatic heterocycles. The molecule has 5 nitrogen and oxygen atoms in total. The molecular formula is C26H25ClFN3O2. The molecule has 0 saturated heterocycles. The Balaban J connectivity index is 1.50. The van der Waals surface area contributed by atoms with Crippen molar-refractivity contribution < 1.29 is 13.9 Å². The first-order valence-electron chi connectivity index (χ1n) is 10.9. The topological polar surface area (TPSA) is 55.6 Å². The Morgan fingerprint density at radius 2 is 1.91 bits per heavy atom. The number of aromatic nitrogens is 2. The second-order valence-electron chi connectivity index (χ2n) is 8.02. The van der Waals surface area contributed by atoms with Gasteiger partial charge in [0.2, 0.25) is 0 Å². The van der Waals surface area contributed by atoms with E-state index in [1.807, 2.05) is 51.1 Å². The monoisotopic (exact) mass is 465 g/mol. The summed E-state index contributed by atoms with van der Waals surface area (Å²) in [6.45, 7) is 6.04. The third-order valence-corrected chi connectivity index (χ3v) is 5.45. The first-order chi connectivity index (χ1) is 15.9. The molecular weight excluding hydrogens is 441 g/mol. The Bertz CT molecular complexity index is 1300. The van der Waals surface area contributed by atoms with Gasteiger partial charge in [0.05, 0.1) is 16.8 Å². The number of nitrogens with zero attached hydrogens (tertiary/aromatic N) is 2. The third-order valence-electron chi connectivity index (χ3n) is 5.23. The van der Waals surface area contributed by atoms with Gasteiger partial charge in [-0.2, -0.15) is 0 Å². The van der Waals surface area contributed by atoms with Crippen LogP contribution in [0, 0.1) is 5.82 Å². The van der Waals surface area contributed by atoms with Gasteiger partial charge in [-0.05, 0) is 61.7 Å². The van der Waals surface area contributed by atoms with Crippen molar-refractivity contribution in [3.63, 3.8) is 0 Å². The molecule has 4 rings (SSSR count). The molecule has 170 valence electrons. The first-order valence-corrected chi connectivity index (χ1v) is 11.2. The maximum absolute atomic E-state index is 14.8. The highest BCUT2D eigenvalue weighted by Crippen LogP contribution is 2.26. The molecule has 0 aliphatic rings. The summed E-state index contributed by atoms with van der Waals surface area (Å²) in [4.78, 5) is 17.4. The second kappa shape index (κ2) is 9.63. The number of ether oxygens (including phenoxy) is 1. The van der Waals surface area contributed by atoms with Gasteiger partial charge in [0.1, 0.15) is 22.9 Å². The van der Waals surface area contributed by atoms with Crippen LogP contribution in [0.5, 0.6) is 5.75 Å². The molecule has 2 heterocycles. The maximum atomic E-state index is 14.8. The van der Waals surface area contributed by atoms with Crippen molar-refractivity contribution in [3.05, 3.63) is 88.6 Å². The van der Waals surface area contributed by atoms with Crippen molar-refractivity contribution in [2.75, 3.05) is 0 Å². The molecule has 0 radical (unpaired) electrons. The van der Waals surface area contributed by atoms with Crippen LogP contribution in [0.1, 0.15) is 42.5 Å². The number of aryl methyl sites for hydroxylation is 1. The number of amides is 1. The van der Waals surface area contributed by atoms with Gasteiger partial charge in [-0.15, -0.1) is 0 Å². The molecule has 1 N–H and O–H groups in total. The lowest BCUT2D eigenvalue weighted by molar-refractivity contribution is 0.0944. The van der Waals surface area contributed by atoms with Crippen LogP contribution in [0.3, 0.4) is 0 Å². The molecule has 2 aromatic carbocycles. The molecule has 0 bridgehead atoms. The number of hydrogen-bond donors (Lipinski definition) is 1. The van der Waals surface area contributed by atoms with Gasteiger partial charge in [-0.25, -0.2) is 9.37 Å². The number of pyridine rings is 1. The minimum atomic E-state index is -0.352. The van der Waals surface area contributed by atoms with Crippen LogP contribution in [0.4, 0.5) is 4.39 Å². The average molecular weight is 466 g/mol. The summed E-state index contributed by atoms with van der Waals surface area (Å²) in [5.41, 5.74) is 3.69. The highest BCUT2D eigenvalue weighted by Gasteiger charge is 2.18. The van der Waals surface area contributed by atoms with Crippen LogP contribution in [0.15, 0.2) is 60.8 Å². The zero-order valence-electron chi connectivity index (χ0n) is 18.7. The molecule has 0 saturated carbocycles. The summed E-state index contributed by atoms with van der Waals surface area (Å²) < 4.78 is 22.2. The van der Waals surface area contributed by atoms with E-state index >= 15 is 0 Å². The standard InChI is InChI=1S/C26H25ClFN3O2/c1-4-23-25(31-15-19(27)8-12-24(31)30-23)26(32)29-14-17-5-11-21(22(28)13-17)18-6-9-20(10-7-18)33-16(2)3/h5-13,15-16H,4,14H2,1-3H3,(H,29,32). The summed E-state index contributed by atoms with van der Waals surface area (Å²) in [6, 6.07) is 15.8. The van der Waals surface area contributed by atoms with Crippen LogP contribution < -0.4 is 10.1 Å². The number of benzene rings is 2. The number of imidazole rings is 1. The number of hydrogen-bond acceptors (Lipinski definition) is 3. The van der Waals surface area contributed by atoms with Crippen LogP contribution in [0.2, 0.25) is 5.02 Å². The van der Waals surface area contributed by atoms with Crippen molar-refractivity contribution in [2.45, 2.75) is 39.8 Å². The van der Waals surface area contributed by atoms with Gasteiger partial charge >= 0.3 is 0 Å². The SMILES string of the molecule is CCc1nc2ccc(Cl)cn2c1C(=O)NCc1ccc(-c2ccc(OC(C)C)cc2)c(F)c1. The molecule has 0 aliphatic carbocycles. The fourth-order valence-corrected chi connectivity index (χ4v) is 3.87. The van der Waals surface area contributed by atoms with E-state index in [9.17, 15) is 9.18 Å². The molecule has 1 amide bonds. The Hall–Kier alpha value is -3.38. The lowest BCUT2D eigenvalue weighted by atomic mass is 10.0. The molecule has 0 atom stereocenters. The lowest BCUT2D eigenvalue weighted by Gasteiger charge is -2.11. The van der Waals surface area contributed by atoms with Gasteiger partial charge in [-0.3, -0.25) is 9.20 Å². The van der Waals surface area contributed by atoms with E-state index in [1.165, 1.54) is 6.07 Å². The molecule has 7 heteroatoms. The van der Waals surface area contributed by atoms with Crippen LogP contribution in [-0.2, 0) is 13.0 Å². The fraction of sp³-hybridized carbons (Fsp3) is 0.231. The van der Waals surface area contributed by atoms with Gasteiger partial charge in [0.15, 0.2) is 0 Å². The number of carbonyl (C=O) groups excluding carboxylic acids is 1. The maximum Gasteiger partial charge on any atom is 0.270 e. The van der Waals surface area contributed by atoms with Crippen LogP contribution >= 0.6 is 11.6 Å². The zero-order chi connectivity index (χ0) is 23.5. The summed E-state index contributed by atoms with van der Waals surface area (Å²) >= 11 is 6.11. The average Bonchev–Trinajstić information content (AvgIpc) is 3.15. The quantitative estimate of drug-likeness (QED) is 0.360. The molecule has 0 unspecified atom stereocenters.